The largest absolute Gasteiger partial charge is 0.398 e. The van der Waals surface area contributed by atoms with Crippen LogP contribution in [0.25, 0.3) is 10.9 Å². The van der Waals surface area contributed by atoms with Gasteiger partial charge < -0.3 is 32.1 Å². The Balaban J connectivity index is 1.87. The highest BCUT2D eigenvalue weighted by Gasteiger charge is 2.24. The first-order valence-corrected chi connectivity index (χ1v) is 12.1. The lowest BCUT2D eigenvalue weighted by Gasteiger charge is -2.31. The molecule has 1 aromatic heterocycles. The number of halogens is 1. The summed E-state index contributed by atoms with van der Waals surface area (Å²) in [5, 5.41) is 12.2. The third kappa shape index (κ3) is 4.83. The zero-order chi connectivity index (χ0) is 26.1. The molecular weight excluding hydrogens is 457 g/mol. The highest BCUT2D eigenvalue weighted by Crippen LogP contribution is 2.39. The summed E-state index contributed by atoms with van der Waals surface area (Å²) in [6.45, 7) is 7.26. The number of hydrogen-bond donors (Lipinski definition) is 5. The normalized spacial score (nSPS) is 16.3. The van der Waals surface area contributed by atoms with E-state index in [1.807, 2.05) is 13.0 Å². The van der Waals surface area contributed by atoms with Crippen molar-refractivity contribution in [2.45, 2.75) is 45.6 Å². The van der Waals surface area contributed by atoms with E-state index in [0.717, 1.165) is 31.6 Å². The lowest BCUT2D eigenvalue weighted by molar-refractivity contribution is -0.119. The molecule has 2 heterocycles. The van der Waals surface area contributed by atoms with Crippen LogP contribution in [0.1, 0.15) is 55.0 Å². The zero-order valence-corrected chi connectivity index (χ0v) is 21.2. The van der Waals surface area contributed by atoms with Gasteiger partial charge in [0.05, 0.1) is 17.3 Å². The Labute approximate surface area is 210 Å². The van der Waals surface area contributed by atoms with E-state index < -0.39 is 11.8 Å². The number of nitrogens with two attached hydrogens (primary N) is 2. The maximum atomic E-state index is 14.8. The molecule has 1 fully saturated rings. The maximum absolute atomic E-state index is 14.8. The van der Waals surface area contributed by atoms with Gasteiger partial charge in [-0.15, -0.1) is 0 Å². The van der Waals surface area contributed by atoms with Crippen molar-refractivity contribution in [1.29, 1.82) is 5.41 Å². The van der Waals surface area contributed by atoms with E-state index in [1.54, 1.807) is 26.0 Å². The average Bonchev–Trinajstić information content (AvgIpc) is 3.20. The second-order valence-corrected chi connectivity index (χ2v) is 9.71. The number of aryl methyl sites for hydroxylation is 1. The van der Waals surface area contributed by atoms with Gasteiger partial charge in [0.25, 0.3) is 0 Å². The van der Waals surface area contributed by atoms with Gasteiger partial charge in [-0.2, -0.15) is 0 Å². The predicted molar refractivity (Wildman–Crippen MR) is 145 cm³/mol. The lowest BCUT2D eigenvalue weighted by Crippen LogP contribution is -2.37. The van der Waals surface area contributed by atoms with Crippen LogP contribution >= 0.6 is 0 Å². The summed E-state index contributed by atoms with van der Waals surface area (Å²) in [5.41, 5.74) is 17.0. The first-order chi connectivity index (χ1) is 17.1. The quantitative estimate of drug-likeness (QED) is 0.247. The van der Waals surface area contributed by atoms with Gasteiger partial charge in [0.2, 0.25) is 5.91 Å². The van der Waals surface area contributed by atoms with Crippen LogP contribution in [0.3, 0.4) is 0 Å². The van der Waals surface area contributed by atoms with Crippen molar-refractivity contribution in [3.05, 3.63) is 52.5 Å². The Bertz CT molecular complexity index is 1350. The summed E-state index contributed by atoms with van der Waals surface area (Å²) in [4.78, 5) is 22.6. The number of carbonyl (C=O) groups excluding carboxylic acids is 1. The topological polar surface area (TPSA) is 136 Å². The number of amides is 1. The minimum Gasteiger partial charge on any atom is -0.398 e. The Morgan fingerprint density at radius 3 is 2.67 bits per heavy atom. The molecule has 0 bridgehead atoms. The van der Waals surface area contributed by atoms with Gasteiger partial charge in [0.15, 0.2) is 0 Å². The van der Waals surface area contributed by atoms with Crippen LogP contribution in [-0.2, 0) is 4.79 Å². The molecular formula is C27H34FN7O. The Morgan fingerprint density at radius 1 is 1.33 bits per heavy atom. The molecule has 0 radical (unpaired) electrons. The van der Waals surface area contributed by atoms with E-state index in [1.165, 1.54) is 12.3 Å². The number of primary amides is 1. The van der Waals surface area contributed by atoms with Crippen molar-refractivity contribution in [3.8, 4) is 0 Å². The smallest absolute Gasteiger partial charge is 0.226 e. The van der Waals surface area contributed by atoms with Gasteiger partial charge in [0, 0.05) is 51.4 Å². The van der Waals surface area contributed by atoms with Gasteiger partial charge in [-0.05, 0) is 83.6 Å². The van der Waals surface area contributed by atoms with Gasteiger partial charge in [0.1, 0.15) is 5.82 Å². The van der Waals surface area contributed by atoms with Crippen molar-refractivity contribution in [2.24, 2.45) is 10.7 Å². The summed E-state index contributed by atoms with van der Waals surface area (Å²) < 4.78 is 14.8. The van der Waals surface area contributed by atoms with Crippen molar-refractivity contribution in [3.63, 3.8) is 0 Å². The molecule has 1 aliphatic heterocycles. The molecule has 3 aromatic rings. The summed E-state index contributed by atoms with van der Waals surface area (Å²) in [7, 11) is 2.11. The number of nitrogens with one attached hydrogen (secondary N) is 3. The maximum Gasteiger partial charge on any atom is 0.226 e. The standard InChI is InChI=1S/C27H34FN7O/c1-14-11-23(33-17-7-9-35(4)10-8-17)18(12-20(14)28)16(3)32-26-24-19(13-29)21(30)5-6-22(24)34-25(26)15(2)27(31)36/h5-6,11-13,15,17,29,33-34H,7-10,30H2,1-4H3,(H2,31,36). The zero-order valence-electron chi connectivity index (χ0n) is 21.2. The van der Waals surface area contributed by atoms with E-state index in [0.29, 0.717) is 50.4 Å². The number of aromatic amines is 1. The Hall–Kier alpha value is -3.72. The third-order valence-corrected chi connectivity index (χ3v) is 7.09. The van der Waals surface area contributed by atoms with Crippen LogP contribution in [-0.4, -0.2) is 53.9 Å². The number of H-pyrrole nitrogens is 1. The molecule has 8 nitrogen and oxygen atoms in total. The fourth-order valence-corrected chi connectivity index (χ4v) is 4.76. The summed E-state index contributed by atoms with van der Waals surface area (Å²) in [6, 6.07) is 7.11. The van der Waals surface area contributed by atoms with Crippen LogP contribution in [0.4, 0.5) is 21.5 Å². The van der Waals surface area contributed by atoms with Gasteiger partial charge in [-0.1, -0.05) is 0 Å². The van der Waals surface area contributed by atoms with Crippen LogP contribution in [0.2, 0.25) is 0 Å². The molecule has 7 N–H and O–H groups in total. The number of hydrogen-bond acceptors (Lipinski definition) is 6. The predicted octanol–water partition coefficient (Wildman–Crippen LogP) is 4.43. The molecule has 1 amide bonds. The van der Waals surface area contributed by atoms with Crippen molar-refractivity contribution in [2.75, 3.05) is 31.2 Å². The van der Waals surface area contributed by atoms with E-state index in [9.17, 15) is 9.18 Å². The lowest BCUT2D eigenvalue weighted by atomic mass is 10.0. The number of rotatable bonds is 7. The summed E-state index contributed by atoms with van der Waals surface area (Å²) >= 11 is 0. The van der Waals surface area contributed by atoms with Crippen molar-refractivity contribution < 1.29 is 9.18 Å². The molecule has 1 unspecified atom stereocenters. The van der Waals surface area contributed by atoms with Crippen molar-refractivity contribution >= 4 is 45.8 Å². The van der Waals surface area contributed by atoms with E-state index in [-0.39, 0.29) is 11.9 Å². The monoisotopic (exact) mass is 491 g/mol. The highest BCUT2D eigenvalue weighted by atomic mass is 19.1. The average molecular weight is 492 g/mol. The minimum absolute atomic E-state index is 0.278. The molecule has 2 aromatic carbocycles. The van der Waals surface area contributed by atoms with Crippen LogP contribution in [0.5, 0.6) is 0 Å². The van der Waals surface area contributed by atoms with Crippen molar-refractivity contribution in [1.82, 2.24) is 9.88 Å². The van der Waals surface area contributed by atoms with Gasteiger partial charge in [-0.25, -0.2) is 4.39 Å². The van der Waals surface area contributed by atoms with E-state index >= 15 is 0 Å². The minimum atomic E-state index is -0.657. The second-order valence-electron chi connectivity index (χ2n) is 9.71. The second kappa shape index (κ2) is 10.1. The number of aromatic nitrogens is 1. The molecule has 4 rings (SSSR count). The fraction of sp³-hybridized carbons (Fsp3) is 0.370. The number of anilines is 2. The molecule has 36 heavy (non-hydrogen) atoms. The number of nitrogens with zero attached hydrogens (tertiary/aromatic N) is 2. The van der Waals surface area contributed by atoms with Crippen LogP contribution < -0.4 is 16.8 Å². The third-order valence-electron chi connectivity index (χ3n) is 7.09. The first-order valence-electron chi connectivity index (χ1n) is 12.1. The molecule has 9 heteroatoms. The molecule has 0 spiro atoms. The fourth-order valence-electron chi connectivity index (χ4n) is 4.76. The van der Waals surface area contributed by atoms with Crippen LogP contribution in [0.15, 0.2) is 29.3 Å². The number of aliphatic imine (C=N–C) groups is 1. The molecule has 1 saturated heterocycles. The van der Waals surface area contributed by atoms with Crippen LogP contribution in [0, 0.1) is 18.2 Å². The highest BCUT2D eigenvalue weighted by molar-refractivity contribution is 6.13. The first kappa shape index (κ1) is 25.4. The number of piperidine rings is 1. The molecule has 0 aliphatic carbocycles. The van der Waals surface area contributed by atoms with Gasteiger partial charge >= 0.3 is 0 Å². The van der Waals surface area contributed by atoms with E-state index in [2.05, 4.69) is 22.2 Å². The summed E-state index contributed by atoms with van der Waals surface area (Å²) in [6.07, 6.45) is 3.16. The number of fused-ring (bicyclic) bond motifs is 1. The Morgan fingerprint density at radius 2 is 2.03 bits per heavy atom. The van der Waals surface area contributed by atoms with Gasteiger partial charge in [-0.3, -0.25) is 9.79 Å². The molecule has 0 saturated carbocycles. The number of benzene rings is 2. The van der Waals surface area contributed by atoms with E-state index in [4.69, 9.17) is 21.9 Å². The molecule has 1 aliphatic rings. The molecule has 1 atom stereocenters. The Kier molecular flexibility index (Phi) is 7.12. The number of likely N-dealkylation sites (tertiary alicyclic amines) is 1. The molecule has 190 valence electrons. The number of carbonyl (C=O) groups is 1. The SMILES string of the molecule is CC(=Nc1c(C(C)C(N)=O)[nH]c2ccc(N)c(C=N)c12)c1cc(F)c(C)cc1NC1CCN(C)CC1. The number of nitrogen functional groups attached to an aromatic ring is 1. The summed E-state index contributed by atoms with van der Waals surface area (Å²) in [5.74, 6) is -1.48.